The summed E-state index contributed by atoms with van der Waals surface area (Å²) in [6.45, 7) is 2.69. The number of amides is 2. The summed E-state index contributed by atoms with van der Waals surface area (Å²) in [6.07, 6.45) is 1.92. The number of rotatable bonds is 5. The molecule has 0 unspecified atom stereocenters. The molecule has 2 amide bonds. The van der Waals surface area contributed by atoms with Gasteiger partial charge in [0.2, 0.25) is 5.91 Å². The number of aliphatic hydroxyl groups excluding tert-OH is 1. The zero-order valence-electron chi connectivity index (χ0n) is 16.1. The van der Waals surface area contributed by atoms with Crippen molar-refractivity contribution in [3.63, 3.8) is 0 Å². The molecule has 8 heteroatoms. The zero-order valence-corrected chi connectivity index (χ0v) is 16.1. The lowest BCUT2D eigenvalue weighted by molar-refractivity contribution is -0.123. The Morgan fingerprint density at radius 1 is 1.29 bits per heavy atom. The van der Waals surface area contributed by atoms with Crippen LogP contribution in [0.4, 0.5) is 5.69 Å². The van der Waals surface area contributed by atoms with Gasteiger partial charge in [0, 0.05) is 25.7 Å². The molecular formula is C20H27N3O5. The lowest BCUT2D eigenvalue weighted by Gasteiger charge is -2.36. The topological polar surface area (TPSA) is 91.3 Å². The fourth-order valence-electron chi connectivity index (χ4n) is 3.72. The summed E-state index contributed by atoms with van der Waals surface area (Å²) in [4.78, 5) is 29.0. The van der Waals surface area contributed by atoms with Gasteiger partial charge in [-0.25, -0.2) is 0 Å². The van der Waals surface area contributed by atoms with Crippen LogP contribution >= 0.6 is 0 Å². The average molecular weight is 389 g/mol. The highest BCUT2D eigenvalue weighted by atomic mass is 16.5. The highest BCUT2D eigenvalue weighted by Crippen LogP contribution is 2.36. The number of morpholine rings is 1. The van der Waals surface area contributed by atoms with Gasteiger partial charge < -0.3 is 29.7 Å². The quantitative estimate of drug-likeness (QED) is 0.757. The molecule has 1 saturated carbocycles. The summed E-state index contributed by atoms with van der Waals surface area (Å²) < 4.78 is 11.2. The van der Waals surface area contributed by atoms with Crippen LogP contribution in [0.2, 0.25) is 0 Å². The number of carbonyl (C=O) groups is 2. The molecule has 152 valence electrons. The van der Waals surface area contributed by atoms with Crippen LogP contribution < -0.4 is 15.0 Å². The van der Waals surface area contributed by atoms with E-state index in [-0.39, 0.29) is 30.9 Å². The van der Waals surface area contributed by atoms with Crippen molar-refractivity contribution >= 4 is 17.5 Å². The molecule has 1 atom stereocenters. The number of benzene rings is 1. The maximum Gasteiger partial charge on any atom is 0.254 e. The smallest absolute Gasteiger partial charge is 0.254 e. The molecule has 0 radical (unpaired) electrons. The summed E-state index contributed by atoms with van der Waals surface area (Å²) in [7, 11) is 1.92. The molecule has 1 aromatic carbocycles. The minimum absolute atomic E-state index is 0.0158. The Hall–Kier alpha value is -2.32. The molecule has 0 aromatic heterocycles. The van der Waals surface area contributed by atoms with E-state index in [1.54, 1.807) is 11.0 Å². The maximum absolute atomic E-state index is 12.8. The standard InChI is InChI=1S/C20H27N3O5/c1-22-15(11-18(25)21-20(13-24)4-5-20)12-28-17-3-2-14(10-16(17)22)19(26)23-6-8-27-9-7-23/h2-3,10,15,24H,4-9,11-13H2,1H3,(H,21,25)/t15-/m0/s1. The first kappa shape index (κ1) is 19.0. The molecule has 2 fully saturated rings. The molecule has 8 nitrogen and oxygen atoms in total. The summed E-state index contributed by atoms with van der Waals surface area (Å²) in [5.41, 5.74) is 1.01. The van der Waals surface area contributed by atoms with Gasteiger partial charge >= 0.3 is 0 Å². The van der Waals surface area contributed by atoms with Gasteiger partial charge in [0.05, 0.1) is 43.5 Å². The highest BCUT2D eigenvalue weighted by Gasteiger charge is 2.43. The van der Waals surface area contributed by atoms with E-state index in [9.17, 15) is 14.7 Å². The summed E-state index contributed by atoms with van der Waals surface area (Å²) in [5, 5.41) is 12.3. The number of aliphatic hydroxyl groups is 1. The molecule has 1 aromatic rings. The highest BCUT2D eigenvalue weighted by molar-refractivity contribution is 5.96. The van der Waals surface area contributed by atoms with Gasteiger partial charge in [0.15, 0.2) is 0 Å². The number of hydrogen-bond acceptors (Lipinski definition) is 6. The molecule has 2 N–H and O–H groups in total. The molecule has 1 saturated heterocycles. The van der Waals surface area contributed by atoms with Crippen molar-refractivity contribution in [2.24, 2.45) is 0 Å². The zero-order chi connectivity index (χ0) is 19.7. The number of anilines is 1. The number of nitrogens with zero attached hydrogens (tertiary/aromatic N) is 2. The van der Waals surface area contributed by atoms with Crippen LogP contribution in [0.3, 0.4) is 0 Å². The van der Waals surface area contributed by atoms with Crippen LogP contribution in [0.1, 0.15) is 29.6 Å². The van der Waals surface area contributed by atoms with Crippen LogP contribution in [0.15, 0.2) is 18.2 Å². The first-order valence-electron chi connectivity index (χ1n) is 9.80. The number of ether oxygens (including phenoxy) is 2. The predicted molar refractivity (Wildman–Crippen MR) is 103 cm³/mol. The lowest BCUT2D eigenvalue weighted by atomic mass is 10.1. The van der Waals surface area contributed by atoms with Gasteiger partial charge in [-0.15, -0.1) is 0 Å². The average Bonchev–Trinajstić information content (AvgIpc) is 3.50. The second-order valence-corrected chi connectivity index (χ2v) is 7.85. The third kappa shape index (κ3) is 3.79. The van der Waals surface area contributed by atoms with Crippen molar-refractivity contribution < 1.29 is 24.2 Å². The van der Waals surface area contributed by atoms with Crippen LogP contribution in [0, 0.1) is 0 Å². The van der Waals surface area contributed by atoms with E-state index in [1.807, 2.05) is 24.1 Å². The summed E-state index contributed by atoms with van der Waals surface area (Å²) in [6, 6.07) is 5.32. The third-order valence-corrected chi connectivity index (χ3v) is 5.84. The van der Waals surface area contributed by atoms with Crippen LogP contribution in [0.25, 0.3) is 0 Å². The molecular weight excluding hydrogens is 362 g/mol. The number of likely N-dealkylation sites (N-methyl/N-ethyl adjacent to an activating group) is 1. The Balaban J connectivity index is 1.45. The Labute approximate surface area is 164 Å². The van der Waals surface area contributed by atoms with Crippen LogP contribution in [0.5, 0.6) is 5.75 Å². The van der Waals surface area contributed by atoms with E-state index in [0.717, 1.165) is 18.5 Å². The van der Waals surface area contributed by atoms with Gasteiger partial charge in [0.25, 0.3) is 5.91 Å². The van der Waals surface area contributed by atoms with Crippen molar-refractivity contribution in [1.82, 2.24) is 10.2 Å². The van der Waals surface area contributed by atoms with Crippen molar-refractivity contribution in [3.05, 3.63) is 23.8 Å². The van der Waals surface area contributed by atoms with E-state index in [1.165, 1.54) is 0 Å². The lowest BCUT2D eigenvalue weighted by Crippen LogP contribution is -2.47. The van der Waals surface area contributed by atoms with E-state index in [4.69, 9.17) is 9.47 Å². The van der Waals surface area contributed by atoms with Crippen LogP contribution in [-0.2, 0) is 9.53 Å². The number of nitrogens with one attached hydrogen (secondary N) is 1. The van der Waals surface area contributed by atoms with Crippen LogP contribution in [-0.4, -0.2) is 80.0 Å². The Bertz CT molecular complexity index is 758. The van der Waals surface area contributed by atoms with Crippen molar-refractivity contribution in [2.75, 3.05) is 51.5 Å². The first-order chi connectivity index (χ1) is 13.5. The van der Waals surface area contributed by atoms with E-state index in [2.05, 4.69) is 5.32 Å². The van der Waals surface area contributed by atoms with Crippen molar-refractivity contribution in [1.29, 1.82) is 0 Å². The summed E-state index contributed by atoms with van der Waals surface area (Å²) in [5.74, 6) is 0.612. The van der Waals surface area contributed by atoms with Gasteiger partial charge in [-0.05, 0) is 31.0 Å². The molecule has 2 heterocycles. The maximum atomic E-state index is 12.8. The molecule has 0 bridgehead atoms. The molecule has 2 aliphatic heterocycles. The number of carbonyl (C=O) groups excluding carboxylic acids is 2. The Morgan fingerprint density at radius 3 is 2.71 bits per heavy atom. The minimum Gasteiger partial charge on any atom is -0.489 e. The molecule has 1 aliphatic carbocycles. The molecule has 3 aliphatic rings. The number of hydrogen-bond donors (Lipinski definition) is 2. The van der Waals surface area contributed by atoms with Crippen molar-refractivity contribution in [3.8, 4) is 5.75 Å². The molecule has 0 spiro atoms. The third-order valence-electron chi connectivity index (χ3n) is 5.84. The van der Waals surface area contributed by atoms with E-state index in [0.29, 0.717) is 44.2 Å². The van der Waals surface area contributed by atoms with E-state index >= 15 is 0 Å². The molecule has 4 rings (SSSR count). The second kappa shape index (κ2) is 7.60. The van der Waals surface area contributed by atoms with Gasteiger partial charge in [-0.3, -0.25) is 9.59 Å². The first-order valence-corrected chi connectivity index (χ1v) is 9.80. The monoisotopic (exact) mass is 389 g/mol. The van der Waals surface area contributed by atoms with Crippen molar-refractivity contribution in [2.45, 2.75) is 30.8 Å². The van der Waals surface area contributed by atoms with E-state index < -0.39 is 5.54 Å². The summed E-state index contributed by atoms with van der Waals surface area (Å²) >= 11 is 0. The van der Waals surface area contributed by atoms with Gasteiger partial charge in [-0.2, -0.15) is 0 Å². The number of fused-ring (bicyclic) bond motifs is 1. The molecule has 28 heavy (non-hydrogen) atoms. The SMILES string of the molecule is CN1c2cc(C(=O)N3CCOCC3)ccc2OC[C@@H]1CC(=O)NC1(CO)CC1. The van der Waals surface area contributed by atoms with Gasteiger partial charge in [-0.1, -0.05) is 0 Å². The minimum atomic E-state index is -0.416. The largest absolute Gasteiger partial charge is 0.489 e. The Morgan fingerprint density at radius 2 is 2.04 bits per heavy atom. The Kier molecular flexibility index (Phi) is 5.16. The fraction of sp³-hybridized carbons (Fsp3) is 0.600. The normalized spacial score (nSPS) is 22.9. The van der Waals surface area contributed by atoms with Gasteiger partial charge in [0.1, 0.15) is 12.4 Å². The fourth-order valence-corrected chi connectivity index (χ4v) is 3.72. The second-order valence-electron chi connectivity index (χ2n) is 7.85. The predicted octanol–water partition coefficient (Wildman–Crippen LogP) is 0.387.